The van der Waals surface area contributed by atoms with E-state index in [0.29, 0.717) is 33.5 Å². The number of aromatic nitrogens is 3. The van der Waals surface area contributed by atoms with Crippen molar-refractivity contribution in [3.8, 4) is 0 Å². The summed E-state index contributed by atoms with van der Waals surface area (Å²) < 4.78 is 6.70. The number of furan rings is 1. The first kappa shape index (κ1) is 26.3. The topological polar surface area (TPSA) is 121 Å². The minimum absolute atomic E-state index is 0.0751. The first-order valence-electron chi connectivity index (χ1n) is 13.1. The SMILES string of the molecule is Cc1ccc(N=Nc2c(C)[nH]n(C(=O)c3sc(N4N=C(c5ccc(C)cc5)CC4c4ccco4)nc3C)c2=O)cc1. The highest BCUT2D eigenvalue weighted by Gasteiger charge is 2.35. The largest absolute Gasteiger partial charge is 0.467 e. The molecule has 0 saturated carbocycles. The average Bonchev–Trinajstić information content (AvgIpc) is 3.76. The van der Waals surface area contributed by atoms with Crippen molar-refractivity contribution >= 4 is 39.5 Å². The van der Waals surface area contributed by atoms with E-state index < -0.39 is 11.5 Å². The van der Waals surface area contributed by atoms with Gasteiger partial charge in [-0.15, -0.1) is 5.11 Å². The number of aromatic amines is 1. The molecule has 1 N–H and O–H groups in total. The summed E-state index contributed by atoms with van der Waals surface area (Å²) in [7, 11) is 0. The molecule has 1 aliphatic rings. The van der Waals surface area contributed by atoms with E-state index in [4.69, 9.17) is 9.52 Å². The van der Waals surface area contributed by atoms with Crippen LogP contribution in [0.25, 0.3) is 0 Å². The molecule has 4 heterocycles. The van der Waals surface area contributed by atoms with Gasteiger partial charge in [0, 0.05) is 6.42 Å². The van der Waals surface area contributed by atoms with Gasteiger partial charge in [-0.3, -0.25) is 14.7 Å². The Morgan fingerprint density at radius 1 is 1.00 bits per heavy atom. The number of rotatable bonds is 6. The van der Waals surface area contributed by atoms with Gasteiger partial charge in [-0.25, -0.2) is 9.99 Å². The Kier molecular flexibility index (Phi) is 6.80. The Hall–Kier alpha value is -4.90. The number of hydrogen-bond donors (Lipinski definition) is 1. The Morgan fingerprint density at radius 3 is 2.39 bits per heavy atom. The predicted molar refractivity (Wildman–Crippen MR) is 158 cm³/mol. The molecule has 0 aliphatic carbocycles. The zero-order valence-electron chi connectivity index (χ0n) is 23.0. The molecule has 41 heavy (non-hydrogen) atoms. The second-order valence-electron chi connectivity index (χ2n) is 9.97. The summed E-state index contributed by atoms with van der Waals surface area (Å²) in [5.41, 5.74) is 5.21. The van der Waals surface area contributed by atoms with E-state index in [0.717, 1.165) is 27.3 Å². The number of nitrogens with one attached hydrogen (secondary N) is 1. The minimum atomic E-state index is -0.577. The number of aryl methyl sites for hydroxylation is 4. The quantitative estimate of drug-likeness (QED) is 0.224. The normalized spacial score (nSPS) is 15.2. The average molecular weight is 566 g/mol. The number of H-pyrrole nitrogens is 1. The molecular formula is C30H27N7O3S. The van der Waals surface area contributed by atoms with Crippen LogP contribution in [-0.4, -0.2) is 26.4 Å². The number of hydrazone groups is 1. The van der Waals surface area contributed by atoms with Crippen molar-refractivity contribution in [3.05, 3.63) is 116 Å². The highest BCUT2D eigenvalue weighted by molar-refractivity contribution is 7.17. The third kappa shape index (κ3) is 5.07. The van der Waals surface area contributed by atoms with Gasteiger partial charge in [0.05, 0.1) is 29.1 Å². The van der Waals surface area contributed by atoms with Crippen LogP contribution < -0.4 is 10.6 Å². The molecule has 1 aliphatic heterocycles. The molecule has 0 amide bonds. The van der Waals surface area contributed by atoms with E-state index >= 15 is 0 Å². The fourth-order valence-electron chi connectivity index (χ4n) is 4.61. The zero-order valence-corrected chi connectivity index (χ0v) is 23.8. The highest BCUT2D eigenvalue weighted by Crippen LogP contribution is 2.39. The summed E-state index contributed by atoms with van der Waals surface area (Å²) >= 11 is 1.18. The molecule has 6 rings (SSSR count). The Labute approximate surface area is 239 Å². The maximum atomic E-state index is 13.6. The highest BCUT2D eigenvalue weighted by atomic mass is 32.1. The fraction of sp³-hybridized carbons (Fsp3) is 0.200. The minimum Gasteiger partial charge on any atom is -0.467 e. The van der Waals surface area contributed by atoms with Gasteiger partial charge in [0.15, 0.2) is 5.69 Å². The van der Waals surface area contributed by atoms with Gasteiger partial charge in [0.25, 0.3) is 5.91 Å². The van der Waals surface area contributed by atoms with Crippen molar-refractivity contribution < 1.29 is 9.21 Å². The first-order chi connectivity index (χ1) is 19.8. The van der Waals surface area contributed by atoms with Crippen molar-refractivity contribution in [1.29, 1.82) is 0 Å². The number of azo groups is 1. The van der Waals surface area contributed by atoms with Crippen LogP contribution in [0.5, 0.6) is 0 Å². The molecule has 0 saturated heterocycles. The molecular weight excluding hydrogens is 538 g/mol. The summed E-state index contributed by atoms with van der Waals surface area (Å²) in [6.45, 7) is 7.44. The lowest BCUT2D eigenvalue weighted by molar-refractivity contribution is 0.0944. The molecule has 0 bridgehead atoms. The van der Waals surface area contributed by atoms with Gasteiger partial charge < -0.3 is 4.42 Å². The van der Waals surface area contributed by atoms with Gasteiger partial charge in [-0.05, 0) is 57.5 Å². The standard InChI is InChI=1S/C30H27N7O3S/c1-17-7-11-21(12-8-17)23-16-24(25-6-5-15-40-25)36(35-23)30-31-20(4)27(41-30)29(39)37-28(38)26(19(3)34-37)33-32-22-13-9-18(2)10-14-22/h5-15,24,34H,16H2,1-4H3. The zero-order chi connectivity index (χ0) is 28.7. The van der Waals surface area contributed by atoms with E-state index in [2.05, 4.69) is 32.4 Å². The van der Waals surface area contributed by atoms with Crippen LogP contribution in [-0.2, 0) is 0 Å². The second kappa shape index (κ2) is 10.6. The van der Waals surface area contributed by atoms with Crippen LogP contribution in [0.2, 0.25) is 0 Å². The molecule has 1 atom stereocenters. The number of carbonyl (C=O) groups excluding carboxylic acids is 1. The molecule has 11 heteroatoms. The van der Waals surface area contributed by atoms with E-state index in [9.17, 15) is 9.59 Å². The van der Waals surface area contributed by atoms with Crippen molar-refractivity contribution in [3.63, 3.8) is 0 Å². The summed E-state index contributed by atoms with van der Waals surface area (Å²) in [6, 6.07) is 19.2. The molecule has 2 aromatic carbocycles. The summed E-state index contributed by atoms with van der Waals surface area (Å²) in [6.07, 6.45) is 2.25. The van der Waals surface area contributed by atoms with Gasteiger partial charge in [-0.1, -0.05) is 58.9 Å². The van der Waals surface area contributed by atoms with Crippen LogP contribution in [0.1, 0.15) is 56.0 Å². The van der Waals surface area contributed by atoms with Crippen LogP contribution in [0.15, 0.2) is 91.5 Å². The lowest BCUT2D eigenvalue weighted by atomic mass is 10.0. The van der Waals surface area contributed by atoms with Crippen LogP contribution >= 0.6 is 11.3 Å². The molecule has 10 nitrogen and oxygen atoms in total. The van der Waals surface area contributed by atoms with Crippen molar-refractivity contribution in [1.82, 2.24) is 14.8 Å². The second-order valence-corrected chi connectivity index (χ2v) is 10.9. The van der Waals surface area contributed by atoms with Crippen molar-refractivity contribution in [2.45, 2.75) is 40.2 Å². The van der Waals surface area contributed by atoms with Crippen LogP contribution in [0.4, 0.5) is 16.5 Å². The number of carbonyl (C=O) groups is 1. The third-order valence-corrected chi connectivity index (χ3v) is 8.02. The molecule has 206 valence electrons. The monoisotopic (exact) mass is 565 g/mol. The Bertz CT molecular complexity index is 1840. The summed E-state index contributed by atoms with van der Waals surface area (Å²) in [5, 5.41) is 18.4. The van der Waals surface area contributed by atoms with E-state index in [1.807, 2.05) is 62.4 Å². The van der Waals surface area contributed by atoms with Gasteiger partial charge in [0.1, 0.15) is 16.7 Å². The maximum Gasteiger partial charge on any atom is 0.302 e. The molecule has 5 aromatic rings. The van der Waals surface area contributed by atoms with Crippen molar-refractivity contribution in [2.75, 3.05) is 5.01 Å². The van der Waals surface area contributed by atoms with Crippen molar-refractivity contribution in [2.24, 2.45) is 15.3 Å². The summed E-state index contributed by atoms with van der Waals surface area (Å²) in [5.74, 6) is 0.226. The molecule has 0 radical (unpaired) electrons. The van der Waals surface area contributed by atoms with Crippen LogP contribution in [0.3, 0.4) is 0 Å². The Morgan fingerprint density at radius 2 is 1.71 bits per heavy atom. The molecule has 0 fully saturated rings. The molecule has 1 unspecified atom stereocenters. The smallest absolute Gasteiger partial charge is 0.302 e. The number of benzene rings is 2. The van der Waals surface area contributed by atoms with E-state index in [1.165, 1.54) is 16.9 Å². The molecule has 0 spiro atoms. The van der Waals surface area contributed by atoms with E-state index in [1.54, 1.807) is 25.1 Å². The number of hydrogen-bond acceptors (Lipinski definition) is 9. The maximum absolute atomic E-state index is 13.6. The van der Waals surface area contributed by atoms with Gasteiger partial charge in [0.2, 0.25) is 5.13 Å². The molecule has 3 aromatic heterocycles. The Balaban J connectivity index is 1.32. The van der Waals surface area contributed by atoms with E-state index in [-0.39, 0.29) is 11.7 Å². The predicted octanol–water partition coefficient (Wildman–Crippen LogP) is 6.92. The van der Waals surface area contributed by atoms with Gasteiger partial charge >= 0.3 is 5.56 Å². The van der Waals surface area contributed by atoms with Crippen LogP contribution in [0, 0.1) is 27.7 Å². The number of anilines is 1. The van der Waals surface area contributed by atoms with Gasteiger partial charge in [-0.2, -0.15) is 14.9 Å². The number of nitrogens with zero attached hydrogens (tertiary/aromatic N) is 6. The summed E-state index contributed by atoms with van der Waals surface area (Å²) in [4.78, 5) is 31.8. The third-order valence-electron chi connectivity index (χ3n) is 6.89. The fourth-order valence-corrected chi connectivity index (χ4v) is 5.61. The lowest BCUT2D eigenvalue weighted by Gasteiger charge is -2.18. The lowest BCUT2D eigenvalue weighted by Crippen LogP contribution is -2.25. The number of thiazole rings is 1. The first-order valence-corrected chi connectivity index (χ1v) is 13.9.